The second-order valence-corrected chi connectivity index (χ2v) is 4.91. The topological polar surface area (TPSA) is 33.7 Å². The zero-order valence-electron chi connectivity index (χ0n) is 12.9. The minimum absolute atomic E-state index is 0. The zero-order chi connectivity index (χ0) is 16.2. The van der Waals surface area contributed by atoms with Crippen LogP contribution < -0.4 is 14.8 Å². The lowest BCUT2D eigenvalue weighted by Crippen LogP contribution is -2.45. The molecule has 0 bridgehead atoms. The van der Waals surface area contributed by atoms with E-state index in [2.05, 4.69) is 10.1 Å². The molecule has 0 amide bonds. The molecule has 1 aromatic carbocycles. The lowest BCUT2D eigenvalue weighted by atomic mass is 10.0. The highest BCUT2D eigenvalue weighted by Crippen LogP contribution is 2.35. The van der Waals surface area contributed by atoms with E-state index >= 15 is 0 Å². The second kappa shape index (κ2) is 10.1. The maximum atomic E-state index is 13.5. The molecule has 140 valence electrons. The van der Waals surface area contributed by atoms with Crippen LogP contribution in [0.4, 0.5) is 17.6 Å². The van der Waals surface area contributed by atoms with Gasteiger partial charge in [-0.05, 0) is 18.2 Å². The number of ether oxygens (including phenoxy) is 2. The van der Waals surface area contributed by atoms with Crippen molar-refractivity contribution in [1.82, 2.24) is 10.2 Å². The molecule has 24 heavy (non-hydrogen) atoms. The normalized spacial score (nSPS) is 16.5. The van der Waals surface area contributed by atoms with E-state index in [0.29, 0.717) is 37.5 Å². The minimum Gasteiger partial charge on any atom is -0.496 e. The third-order valence-corrected chi connectivity index (χ3v) is 3.53. The van der Waals surface area contributed by atoms with Gasteiger partial charge in [0.2, 0.25) is 0 Å². The van der Waals surface area contributed by atoms with E-state index in [1.54, 1.807) is 0 Å². The molecule has 4 nitrogen and oxygen atoms in total. The molecule has 1 aromatic rings. The van der Waals surface area contributed by atoms with Crippen LogP contribution in [0.25, 0.3) is 0 Å². The molecule has 10 heteroatoms. The Hall–Kier alpha value is -0.960. The summed E-state index contributed by atoms with van der Waals surface area (Å²) in [6.07, 6.45) is -4.79. The molecule has 1 aliphatic heterocycles. The molecule has 1 fully saturated rings. The Labute approximate surface area is 150 Å². The van der Waals surface area contributed by atoms with Gasteiger partial charge in [-0.15, -0.1) is 38.0 Å². The molecule has 2 rings (SSSR count). The largest absolute Gasteiger partial charge is 0.573 e. The molecule has 1 atom stereocenters. The zero-order valence-corrected chi connectivity index (χ0v) is 14.6. The smallest absolute Gasteiger partial charge is 0.496 e. The Morgan fingerprint density at radius 2 is 1.83 bits per heavy atom. The van der Waals surface area contributed by atoms with Crippen LogP contribution in [-0.4, -0.2) is 51.2 Å². The highest BCUT2D eigenvalue weighted by atomic mass is 35.5. The average Bonchev–Trinajstić information content (AvgIpc) is 2.48. The lowest BCUT2D eigenvalue weighted by Gasteiger charge is -2.34. The van der Waals surface area contributed by atoms with Gasteiger partial charge in [0.25, 0.3) is 0 Å². The van der Waals surface area contributed by atoms with Crippen LogP contribution >= 0.6 is 24.8 Å². The van der Waals surface area contributed by atoms with E-state index in [0.717, 1.165) is 6.07 Å². The summed E-state index contributed by atoms with van der Waals surface area (Å²) in [7, 11) is 1.40. The highest BCUT2D eigenvalue weighted by Gasteiger charge is 2.32. The van der Waals surface area contributed by atoms with Gasteiger partial charge in [-0.25, -0.2) is 4.39 Å². The Morgan fingerprint density at radius 3 is 2.33 bits per heavy atom. The van der Waals surface area contributed by atoms with Crippen LogP contribution in [0.15, 0.2) is 18.2 Å². The van der Waals surface area contributed by atoms with Crippen molar-refractivity contribution in [2.75, 3.05) is 40.0 Å². The van der Waals surface area contributed by atoms with Crippen LogP contribution in [0.3, 0.4) is 0 Å². The summed E-state index contributed by atoms with van der Waals surface area (Å²) in [5.41, 5.74) is 0.355. The first-order chi connectivity index (χ1) is 10.4. The van der Waals surface area contributed by atoms with Crippen molar-refractivity contribution in [3.63, 3.8) is 0 Å². The Bertz CT molecular complexity index is 500. The molecule has 0 unspecified atom stereocenters. The summed E-state index contributed by atoms with van der Waals surface area (Å²) in [5.74, 6) is -0.0346. The van der Waals surface area contributed by atoms with E-state index in [1.165, 1.54) is 19.2 Å². The SMILES string of the molecule is COc1ccc(OC(F)(F)F)cc1[C@@H](CF)N1CCNCC1.Cl.Cl. The number of alkyl halides is 4. The minimum atomic E-state index is -4.79. The quantitative estimate of drug-likeness (QED) is 0.776. The Kier molecular flexibility index (Phi) is 9.72. The molecule has 1 saturated heterocycles. The van der Waals surface area contributed by atoms with E-state index in [1.807, 2.05) is 4.90 Å². The van der Waals surface area contributed by atoms with E-state index in [9.17, 15) is 17.6 Å². The van der Waals surface area contributed by atoms with Crippen LogP contribution in [-0.2, 0) is 0 Å². The van der Waals surface area contributed by atoms with Crippen molar-refractivity contribution >= 4 is 24.8 Å². The maximum absolute atomic E-state index is 13.5. The molecule has 1 aliphatic rings. The molecular formula is C14H20Cl2F4N2O2. The summed E-state index contributed by atoms with van der Waals surface area (Å²) < 4.78 is 59.6. The number of hydrogen-bond donors (Lipinski definition) is 1. The van der Waals surface area contributed by atoms with Crippen molar-refractivity contribution in [3.8, 4) is 11.5 Å². The Morgan fingerprint density at radius 1 is 1.21 bits per heavy atom. The lowest BCUT2D eigenvalue weighted by molar-refractivity contribution is -0.274. The molecule has 0 radical (unpaired) electrons. The molecule has 1 N–H and O–H groups in total. The molecule has 0 aliphatic carbocycles. The van der Waals surface area contributed by atoms with Gasteiger partial charge in [0, 0.05) is 31.7 Å². The second-order valence-electron chi connectivity index (χ2n) is 4.91. The van der Waals surface area contributed by atoms with Gasteiger partial charge in [0.15, 0.2) is 0 Å². The number of hydrogen-bond acceptors (Lipinski definition) is 4. The van der Waals surface area contributed by atoms with E-state index in [-0.39, 0.29) is 30.6 Å². The van der Waals surface area contributed by atoms with Crippen molar-refractivity contribution < 1.29 is 27.0 Å². The summed E-state index contributed by atoms with van der Waals surface area (Å²) in [6, 6.07) is 3.05. The standard InChI is InChI=1S/C14H18F4N2O2.2ClH/c1-21-13-3-2-10(22-14(16,17)18)8-11(13)12(9-15)20-6-4-19-5-7-20;;/h2-3,8,12,19H,4-7,9H2,1H3;2*1H/t12-;;/m1../s1. The number of methoxy groups -OCH3 is 1. The third-order valence-electron chi connectivity index (χ3n) is 3.53. The highest BCUT2D eigenvalue weighted by molar-refractivity contribution is 5.85. The number of nitrogens with one attached hydrogen (secondary N) is 1. The van der Waals surface area contributed by atoms with Crippen molar-refractivity contribution in [2.24, 2.45) is 0 Å². The van der Waals surface area contributed by atoms with Crippen molar-refractivity contribution in [3.05, 3.63) is 23.8 Å². The molecule has 0 spiro atoms. The van der Waals surface area contributed by atoms with Crippen LogP contribution in [0.1, 0.15) is 11.6 Å². The number of benzene rings is 1. The third kappa shape index (κ3) is 6.16. The van der Waals surface area contributed by atoms with Gasteiger partial charge >= 0.3 is 6.36 Å². The van der Waals surface area contributed by atoms with Crippen LogP contribution in [0, 0.1) is 0 Å². The number of nitrogens with zero attached hydrogens (tertiary/aromatic N) is 1. The van der Waals surface area contributed by atoms with Gasteiger partial charge in [-0.2, -0.15) is 0 Å². The van der Waals surface area contributed by atoms with E-state index < -0.39 is 19.1 Å². The van der Waals surface area contributed by atoms with E-state index in [4.69, 9.17) is 4.74 Å². The number of rotatable bonds is 5. The van der Waals surface area contributed by atoms with Gasteiger partial charge in [0.05, 0.1) is 13.2 Å². The predicted octanol–water partition coefficient (Wildman–Crippen LogP) is 3.35. The first-order valence-corrected chi connectivity index (χ1v) is 6.89. The van der Waals surface area contributed by atoms with Crippen molar-refractivity contribution in [1.29, 1.82) is 0 Å². The number of piperazine rings is 1. The predicted molar refractivity (Wildman–Crippen MR) is 87.3 cm³/mol. The fraction of sp³-hybridized carbons (Fsp3) is 0.571. The van der Waals surface area contributed by atoms with Gasteiger partial charge in [0.1, 0.15) is 18.2 Å². The Balaban J connectivity index is 0.00000264. The molecule has 1 heterocycles. The maximum Gasteiger partial charge on any atom is 0.573 e. The number of halogens is 6. The summed E-state index contributed by atoms with van der Waals surface area (Å²) in [6.45, 7) is 1.92. The first-order valence-electron chi connectivity index (χ1n) is 6.89. The van der Waals surface area contributed by atoms with Gasteiger partial charge in [-0.1, -0.05) is 0 Å². The summed E-state index contributed by atoms with van der Waals surface area (Å²) in [4.78, 5) is 1.88. The monoisotopic (exact) mass is 394 g/mol. The van der Waals surface area contributed by atoms with Crippen LogP contribution in [0.2, 0.25) is 0 Å². The fourth-order valence-corrected chi connectivity index (χ4v) is 2.54. The molecule has 0 aromatic heterocycles. The average molecular weight is 395 g/mol. The van der Waals surface area contributed by atoms with Crippen LogP contribution in [0.5, 0.6) is 11.5 Å². The van der Waals surface area contributed by atoms with Crippen molar-refractivity contribution in [2.45, 2.75) is 12.4 Å². The summed E-state index contributed by atoms with van der Waals surface area (Å²) >= 11 is 0. The summed E-state index contributed by atoms with van der Waals surface area (Å²) in [5, 5.41) is 3.15. The first kappa shape index (κ1) is 23.0. The fourth-order valence-electron chi connectivity index (χ4n) is 2.54. The molecule has 0 saturated carbocycles. The molecular weight excluding hydrogens is 375 g/mol. The van der Waals surface area contributed by atoms with Gasteiger partial charge < -0.3 is 14.8 Å². The van der Waals surface area contributed by atoms with Gasteiger partial charge in [-0.3, -0.25) is 4.90 Å².